The standard InChI is InChI=1S/C17H15F3O3/c1-3-23-16(21)13-8-12(9-15(10-13)22-2)11-4-6-14(7-5-11)17(18,19)20/h4-10H,3H2,1-2H3. The molecule has 0 spiro atoms. The zero-order chi connectivity index (χ0) is 17.0. The van der Waals surface area contributed by atoms with E-state index in [9.17, 15) is 18.0 Å². The van der Waals surface area contributed by atoms with E-state index in [-0.39, 0.29) is 12.2 Å². The topological polar surface area (TPSA) is 35.5 Å². The van der Waals surface area contributed by atoms with Crippen molar-refractivity contribution in [3.05, 3.63) is 53.6 Å². The van der Waals surface area contributed by atoms with Gasteiger partial charge < -0.3 is 9.47 Å². The number of rotatable bonds is 4. The summed E-state index contributed by atoms with van der Waals surface area (Å²) in [4.78, 5) is 11.9. The number of hydrogen-bond acceptors (Lipinski definition) is 3. The fourth-order valence-electron chi connectivity index (χ4n) is 2.07. The lowest BCUT2D eigenvalue weighted by molar-refractivity contribution is -0.137. The summed E-state index contributed by atoms with van der Waals surface area (Å²) in [6.45, 7) is 1.92. The molecule has 0 radical (unpaired) electrons. The van der Waals surface area contributed by atoms with E-state index in [1.54, 1.807) is 19.1 Å². The zero-order valence-electron chi connectivity index (χ0n) is 12.6. The van der Waals surface area contributed by atoms with Crippen molar-refractivity contribution in [3.8, 4) is 16.9 Å². The van der Waals surface area contributed by atoms with Crippen LogP contribution in [0.4, 0.5) is 13.2 Å². The van der Waals surface area contributed by atoms with E-state index in [4.69, 9.17) is 9.47 Å². The minimum Gasteiger partial charge on any atom is -0.497 e. The lowest BCUT2D eigenvalue weighted by Gasteiger charge is -2.10. The molecule has 0 aliphatic rings. The van der Waals surface area contributed by atoms with Crippen LogP contribution >= 0.6 is 0 Å². The van der Waals surface area contributed by atoms with Gasteiger partial charge in [0.25, 0.3) is 0 Å². The second-order valence-electron chi connectivity index (χ2n) is 4.75. The van der Waals surface area contributed by atoms with E-state index in [0.29, 0.717) is 16.9 Å². The predicted molar refractivity (Wildman–Crippen MR) is 79.4 cm³/mol. The average Bonchev–Trinajstić information content (AvgIpc) is 2.54. The van der Waals surface area contributed by atoms with Crippen LogP contribution in [0, 0.1) is 0 Å². The minimum absolute atomic E-state index is 0.228. The first-order chi connectivity index (χ1) is 10.8. The van der Waals surface area contributed by atoms with Crippen molar-refractivity contribution in [3.63, 3.8) is 0 Å². The van der Waals surface area contributed by atoms with Gasteiger partial charge in [-0.15, -0.1) is 0 Å². The van der Waals surface area contributed by atoms with Gasteiger partial charge in [-0.3, -0.25) is 0 Å². The Labute approximate surface area is 131 Å². The number of hydrogen-bond donors (Lipinski definition) is 0. The van der Waals surface area contributed by atoms with Crippen LogP contribution in [0.1, 0.15) is 22.8 Å². The highest BCUT2D eigenvalue weighted by Gasteiger charge is 2.30. The maximum atomic E-state index is 12.6. The molecule has 0 unspecified atom stereocenters. The van der Waals surface area contributed by atoms with Gasteiger partial charge in [0.1, 0.15) is 5.75 Å². The molecule has 0 bridgehead atoms. The van der Waals surface area contributed by atoms with Gasteiger partial charge in [0, 0.05) is 0 Å². The Bertz CT molecular complexity index is 691. The van der Waals surface area contributed by atoms with Gasteiger partial charge in [0.2, 0.25) is 0 Å². The average molecular weight is 324 g/mol. The van der Waals surface area contributed by atoms with Crippen molar-refractivity contribution in [2.75, 3.05) is 13.7 Å². The Hall–Kier alpha value is -2.50. The maximum Gasteiger partial charge on any atom is 0.416 e. The number of halogens is 3. The fraction of sp³-hybridized carbons (Fsp3) is 0.235. The number of alkyl halides is 3. The molecule has 0 fully saturated rings. The van der Waals surface area contributed by atoms with Crippen LogP contribution in [-0.4, -0.2) is 19.7 Å². The van der Waals surface area contributed by atoms with Crippen LogP contribution in [0.25, 0.3) is 11.1 Å². The molecular formula is C17H15F3O3. The molecule has 3 nitrogen and oxygen atoms in total. The summed E-state index contributed by atoms with van der Waals surface area (Å²) in [5.41, 5.74) is 0.666. The Morgan fingerprint density at radius 2 is 1.70 bits per heavy atom. The zero-order valence-corrected chi connectivity index (χ0v) is 12.6. The quantitative estimate of drug-likeness (QED) is 0.774. The molecular weight excluding hydrogens is 309 g/mol. The van der Waals surface area contributed by atoms with Crippen LogP contribution in [0.2, 0.25) is 0 Å². The van der Waals surface area contributed by atoms with Crippen molar-refractivity contribution >= 4 is 5.97 Å². The molecule has 0 aromatic heterocycles. The maximum absolute atomic E-state index is 12.6. The van der Waals surface area contributed by atoms with Gasteiger partial charge >= 0.3 is 12.1 Å². The molecule has 2 rings (SSSR count). The molecule has 0 aliphatic carbocycles. The van der Waals surface area contributed by atoms with E-state index < -0.39 is 17.7 Å². The molecule has 0 saturated carbocycles. The van der Waals surface area contributed by atoms with E-state index in [2.05, 4.69) is 0 Å². The van der Waals surface area contributed by atoms with Gasteiger partial charge in [-0.1, -0.05) is 12.1 Å². The summed E-state index contributed by atoms with van der Waals surface area (Å²) < 4.78 is 47.9. The minimum atomic E-state index is -4.39. The molecule has 0 N–H and O–H groups in total. The second-order valence-corrected chi connectivity index (χ2v) is 4.75. The summed E-state index contributed by atoms with van der Waals surface area (Å²) >= 11 is 0. The monoisotopic (exact) mass is 324 g/mol. The van der Waals surface area contributed by atoms with Gasteiger partial charge in [-0.2, -0.15) is 13.2 Å². The fourth-order valence-corrected chi connectivity index (χ4v) is 2.07. The number of esters is 1. The van der Waals surface area contributed by atoms with E-state index in [1.807, 2.05) is 0 Å². The molecule has 2 aromatic carbocycles. The number of carbonyl (C=O) groups is 1. The Balaban J connectivity index is 2.42. The third-order valence-electron chi connectivity index (χ3n) is 3.20. The summed E-state index contributed by atoms with van der Waals surface area (Å²) in [5, 5.41) is 0. The highest BCUT2D eigenvalue weighted by atomic mass is 19.4. The molecule has 0 heterocycles. The predicted octanol–water partition coefficient (Wildman–Crippen LogP) is 4.56. The van der Waals surface area contributed by atoms with Crippen LogP contribution in [-0.2, 0) is 10.9 Å². The Morgan fingerprint density at radius 1 is 1.04 bits per heavy atom. The van der Waals surface area contributed by atoms with E-state index in [1.165, 1.54) is 25.3 Å². The summed E-state index contributed by atoms with van der Waals surface area (Å²) in [5.74, 6) is -0.0926. The van der Waals surface area contributed by atoms with Crippen LogP contribution in [0.5, 0.6) is 5.75 Å². The normalized spacial score (nSPS) is 11.2. The van der Waals surface area contributed by atoms with E-state index in [0.717, 1.165) is 12.1 Å². The van der Waals surface area contributed by atoms with Gasteiger partial charge in [0.05, 0.1) is 24.8 Å². The first-order valence-electron chi connectivity index (χ1n) is 6.89. The van der Waals surface area contributed by atoms with Crippen molar-refractivity contribution in [2.45, 2.75) is 13.1 Å². The molecule has 0 aliphatic heterocycles. The first-order valence-corrected chi connectivity index (χ1v) is 6.89. The molecule has 0 amide bonds. The Morgan fingerprint density at radius 3 is 2.22 bits per heavy atom. The number of methoxy groups -OCH3 is 1. The molecule has 2 aromatic rings. The SMILES string of the molecule is CCOC(=O)c1cc(OC)cc(-c2ccc(C(F)(F)F)cc2)c1. The molecule has 6 heteroatoms. The largest absolute Gasteiger partial charge is 0.497 e. The van der Waals surface area contributed by atoms with Crippen LogP contribution < -0.4 is 4.74 Å². The Kier molecular flexibility index (Phi) is 4.93. The van der Waals surface area contributed by atoms with Crippen molar-refractivity contribution in [1.29, 1.82) is 0 Å². The third-order valence-corrected chi connectivity index (χ3v) is 3.20. The highest BCUT2D eigenvalue weighted by molar-refractivity contribution is 5.91. The van der Waals surface area contributed by atoms with E-state index >= 15 is 0 Å². The smallest absolute Gasteiger partial charge is 0.416 e. The van der Waals surface area contributed by atoms with Crippen LogP contribution in [0.3, 0.4) is 0 Å². The van der Waals surface area contributed by atoms with Gasteiger partial charge in [0.15, 0.2) is 0 Å². The second kappa shape index (κ2) is 6.73. The third kappa shape index (κ3) is 4.03. The lowest BCUT2D eigenvalue weighted by Crippen LogP contribution is -2.05. The summed E-state index contributed by atoms with van der Waals surface area (Å²) in [6, 6.07) is 9.43. The number of benzene rings is 2. The van der Waals surface area contributed by atoms with Gasteiger partial charge in [-0.05, 0) is 48.4 Å². The van der Waals surface area contributed by atoms with Gasteiger partial charge in [-0.25, -0.2) is 4.79 Å². The number of carbonyl (C=O) groups excluding carboxylic acids is 1. The summed E-state index contributed by atoms with van der Waals surface area (Å²) in [7, 11) is 1.45. The lowest BCUT2D eigenvalue weighted by atomic mass is 10.0. The highest BCUT2D eigenvalue weighted by Crippen LogP contribution is 2.32. The first kappa shape index (κ1) is 16.9. The van der Waals surface area contributed by atoms with Crippen molar-refractivity contribution in [2.24, 2.45) is 0 Å². The van der Waals surface area contributed by atoms with Crippen molar-refractivity contribution in [1.82, 2.24) is 0 Å². The molecule has 23 heavy (non-hydrogen) atoms. The van der Waals surface area contributed by atoms with Crippen molar-refractivity contribution < 1.29 is 27.4 Å². The van der Waals surface area contributed by atoms with Crippen LogP contribution in [0.15, 0.2) is 42.5 Å². The molecule has 0 atom stereocenters. The number of ether oxygens (including phenoxy) is 2. The molecule has 0 saturated heterocycles. The molecule has 122 valence electrons. The summed E-state index contributed by atoms with van der Waals surface area (Å²) in [6.07, 6.45) is -4.39.